The SMILES string of the molecule is CC(C)NCCF.[HH]. The van der Waals surface area contributed by atoms with Gasteiger partial charge < -0.3 is 5.32 Å². The number of rotatable bonds is 3. The number of alkyl halides is 1. The molecule has 0 atom stereocenters. The van der Waals surface area contributed by atoms with Crippen molar-refractivity contribution < 1.29 is 5.82 Å². The summed E-state index contributed by atoms with van der Waals surface area (Å²) in [6.45, 7) is 4.21. The quantitative estimate of drug-likeness (QED) is 0.571. The lowest BCUT2D eigenvalue weighted by Crippen LogP contribution is -2.24. The van der Waals surface area contributed by atoms with Gasteiger partial charge in [-0.05, 0) is 0 Å². The lowest BCUT2D eigenvalue weighted by atomic mass is 10.4. The molecular formula is C5H14FN. The molecule has 0 saturated heterocycles. The van der Waals surface area contributed by atoms with E-state index in [1.165, 1.54) is 0 Å². The lowest BCUT2D eigenvalue weighted by Gasteiger charge is -2.02. The number of hydrogen-bond donors (Lipinski definition) is 1. The summed E-state index contributed by atoms with van der Waals surface area (Å²) in [6.07, 6.45) is 0. The standard InChI is InChI=1S/C5H12FN.H2/c1-5(2)7-4-3-6;/h5,7H,3-4H2,1-2H3;1H. The molecule has 0 amide bonds. The maximum absolute atomic E-state index is 11.3. The zero-order valence-electron chi connectivity index (χ0n) is 4.87. The third-order valence-electron chi connectivity index (χ3n) is 0.647. The first kappa shape index (κ1) is 6.89. The van der Waals surface area contributed by atoms with E-state index in [-0.39, 0.29) is 8.10 Å². The molecule has 0 bridgehead atoms. The Bertz CT molecular complexity index is 41.4. The topological polar surface area (TPSA) is 12.0 Å². The third-order valence-corrected chi connectivity index (χ3v) is 0.647. The molecule has 0 radical (unpaired) electrons. The average molecular weight is 107 g/mol. The van der Waals surface area contributed by atoms with Gasteiger partial charge >= 0.3 is 0 Å². The minimum absolute atomic E-state index is 0. The van der Waals surface area contributed by atoms with Crippen LogP contribution in [0.4, 0.5) is 4.39 Å². The van der Waals surface area contributed by atoms with Gasteiger partial charge in [0.2, 0.25) is 0 Å². The molecule has 0 spiro atoms. The lowest BCUT2D eigenvalue weighted by molar-refractivity contribution is 0.448. The molecule has 0 aliphatic carbocycles. The van der Waals surface area contributed by atoms with E-state index in [1.807, 2.05) is 13.8 Å². The molecule has 46 valence electrons. The van der Waals surface area contributed by atoms with Crippen molar-refractivity contribution in [3.63, 3.8) is 0 Å². The smallest absolute Gasteiger partial charge is 0.102 e. The van der Waals surface area contributed by atoms with Gasteiger partial charge in [0.25, 0.3) is 0 Å². The largest absolute Gasteiger partial charge is 0.312 e. The summed E-state index contributed by atoms with van der Waals surface area (Å²) >= 11 is 0. The number of hydrogen-bond acceptors (Lipinski definition) is 1. The molecule has 0 fully saturated rings. The second-order valence-corrected chi connectivity index (χ2v) is 1.80. The molecule has 7 heavy (non-hydrogen) atoms. The van der Waals surface area contributed by atoms with Gasteiger partial charge in [-0.3, -0.25) is 0 Å². The Morgan fingerprint density at radius 1 is 1.71 bits per heavy atom. The van der Waals surface area contributed by atoms with Gasteiger partial charge in [-0.2, -0.15) is 0 Å². The van der Waals surface area contributed by atoms with E-state index in [0.29, 0.717) is 12.6 Å². The zero-order valence-corrected chi connectivity index (χ0v) is 4.87. The van der Waals surface area contributed by atoms with E-state index in [1.54, 1.807) is 0 Å². The van der Waals surface area contributed by atoms with Crippen molar-refractivity contribution in [1.29, 1.82) is 0 Å². The Kier molecular flexibility index (Phi) is 4.00. The maximum atomic E-state index is 11.3. The van der Waals surface area contributed by atoms with Crippen molar-refractivity contribution >= 4 is 0 Å². The van der Waals surface area contributed by atoms with Crippen LogP contribution in [0.3, 0.4) is 0 Å². The summed E-state index contributed by atoms with van der Waals surface area (Å²) in [5.41, 5.74) is 0. The van der Waals surface area contributed by atoms with Gasteiger partial charge in [-0.25, -0.2) is 4.39 Å². The molecule has 0 unspecified atom stereocenters. The molecule has 0 aromatic carbocycles. The molecule has 0 rings (SSSR count). The van der Waals surface area contributed by atoms with Gasteiger partial charge in [0.05, 0.1) is 0 Å². The Hall–Kier alpha value is -0.110. The molecular weight excluding hydrogens is 93.1 g/mol. The highest BCUT2D eigenvalue weighted by molar-refractivity contribution is 4.49. The third kappa shape index (κ3) is 5.89. The van der Waals surface area contributed by atoms with Crippen molar-refractivity contribution in [2.45, 2.75) is 19.9 Å². The van der Waals surface area contributed by atoms with E-state index in [4.69, 9.17) is 0 Å². The van der Waals surface area contributed by atoms with Gasteiger partial charge in [0, 0.05) is 14.0 Å². The fraction of sp³-hybridized carbons (Fsp3) is 1.00. The Balaban J connectivity index is 0. The highest BCUT2D eigenvalue weighted by Crippen LogP contribution is 1.73. The molecule has 2 heteroatoms. The Morgan fingerprint density at radius 2 is 2.29 bits per heavy atom. The first-order chi connectivity index (χ1) is 3.27. The van der Waals surface area contributed by atoms with Crippen molar-refractivity contribution in [2.24, 2.45) is 0 Å². The summed E-state index contributed by atoms with van der Waals surface area (Å²) in [5, 5.41) is 2.92. The second-order valence-electron chi connectivity index (χ2n) is 1.80. The number of halogens is 1. The monoisotopic (exact) mass is 107 g/mol. The van der Waals surface area contributed by atoms with Crippen LogP contribution in [0.15, 0.2) is 0 Å². The highest BCUT2D eigenvalue weighted by Gasteiger charge is 1.86. The first-order valence-electron chi connectivity index (χ1n) is 2.56. The van der Waals surface area contributed by atoms with Gasteiger partial charge in [-0.1, -0.05) is 13.8 Å². The molecule has 0 saturated carbocycles. The molecule has 1 nitrogen and oxygen atoms in total. The van der Waals surface area contributed by atoms with E-state index >= 15 is 0 Å². The van der Waals surface area contributed by atoms with Crippen LogP contribution < -0.4 is 5.32 Å². The van der Waals surface area contributed by atoms with Gasteiger partial charge in [0.15, 0.2) is 0 Å². The fourth-order valence-electron chi connectivity index (χ4n) is 0.343. The van der Waals surface area contributed by atoms with E-state index in [2.05, 4.69) is 5.32 Å². The minimum atomic E-state index is -0.266. The first-order valence-corrected chi connectivity index (χ1v) is 2.56. The van der Waals surface area contributed by atoms with Crippen LogP contribution in [0, 0.1) is 0 Å². The molecule has 0 aromatic rings. The predicted octanol–water partition coefficient (Wildman–Crippen LogP) is 1.20. The summed E-state index contributed by atoms with van der Waals surface area (Å²) in [6, 6.07) is 0.413. The van der Waals surface area contributed by atoms with Crippen LogP contribution in [0.2, 0.25) is 0 Å². The zero-order chi connectivity index (χ0) is 5.70. The second kappa shape index (κ2) is 4.06. The molecule has 0 aromatic heterocycles. The summed E-state index contributed by atoms with van der Waals surface area (Å²) < 4.78 is 11.3. The maximum Gasteiger partial charge on any atom is 0.102 e. The van der Waals surface area contributed by atoms with Crippen LogP contribution in [0.25, 0.3) is 0 Å². The Labute approximate surface area is 45.4 Å². The van der Waals surface area contributed by atoms with Gasteiger partial charge in [-0.15, -0.1) is 0 Å². The molecule has 1 N–H and O–H groups in total. The van der Waals surface area contributed by atoms with Crippen molar-refractivity contribution in [3.05, 3.63) is 0 Å². The van der Waals surface area contributed by atoms with Crippen molar-refractivity contribution in [2.75, 3.05) is 13.2 Å². The van der Waals surface area contributed by atoms with Crippen LogP contribution in [-0.2, 0) is 0 Å². The average Bonchev–Trinajstić information content (AvgIpc) is 1.61. The fourth-order valence-corrected chi connectivity index (χ4v) is 0.343. The van der Waals surface area contributed by atoms with Crippen LogP contribution in [-0.4, -0.2) is 19.3 Å². The summed E-state index contributed by atoms with van der Waals surface area (Å²) in [5.74, 6) is 0. The van der Waals surface area contributed by atoms with E-state index in [0.717, 1.165) is 0 Å². The van der Waals surface area contributed by atoms with E-state index in [9.17, 15) is 4.39 Å². The van der Waals surface area contributed by atoms with Crippen molar-refractivity contribution in [3.8, 4) is 0 Å². The Morgan fingerprint density at radius 3 is 2.43 bits per heavy atom. The summed E-state index contributed by atoms with van der Waals surface area (Å²) in [7, 11) is 0. The number of nitrogens with one attached hydrogen (secondary N) is 1. The van der Waals surface area contributed by atoms with Crippen molar-refractivity contribution in [1.82, 2.24) is 5.32 Å². The van der Waals surface area contributed by atoms with E-state index < -0.39 is 0 Å². The predicted molar refractivity (Wildman–Crippen MR) is 31.2 cm³/mol. The molecule has 0 aliphatic heterocycles. The van der Waals surface area contributed by atoms with Gasteiger partial charge in [0.1, 0.15) is 6.67 Å². The highest BCUT2D eigenvalue weighted by atomic mass is 19.1. The normalized spacial score (nSPS) is 10.3. The molecule has 0 heterocycles. The van der Waals surface area contributed by atoms with Crippen LogP contribution in [0.1, 0.15) is 15.3 Å². The van der Waals surface area contributed by atoms with Crippen LogP contribution >= 0.6 is 0 Å². The molecule has 0 aliphatic rings. The minimum Gasteiger partial charge on any atom is -0.312 e. The summed E-state index contributed by atoms with van der Waals surface area (Å²) in [4.78, 5) is 0. The van der Waals surface area contributed by atoms with Crippen LogP contribution in [0.5, 0.6) is 0 Å².